The number of carbonyl (C=O) groups is 1. The molecule has 0 aliphatic carbocycles. The summed E-state index contributed by atoms with van der Waals surface area (Å²) >= 11 is 20.7. The topological polar surface area (TPSA) is 88.4 Å². The fraction of sp³-hybridized carbons (Fsp3) is 0.219. The van der Waals surface area contributed by atoms with Crippen molar-refractivity contribution >= 4 is 78.4 Å². The first-order valence-corrected chi connectivity index (χ1v) is 16.7. The highest BCUT2D eigenvalue weighted by molar-refractivity contribution is 9.10. The summed E-state index contributed by atoms with van der Waals surface area (Å²) in [5, 5.41) is 1.07. The number of allylic oxidation sites excluding steroid dienone is 1. The molecular weight excluding hydrogens is 771 g/mol. The van der Waals surface area contributed by atoms with E-state index in [0.29, 0.717) is 56.8 Å². The molecule has 0 radical (unpaired) electrons. The first kappa shape index (κ1) is 33.3. The third-order valence-corrected chi connectivity index (χ3v) is 9.84. The van der Waals surface area contributed by atoms with Crippen molar-refractivity contribution in [2.24, 2.45) is 4.99 Å². The summed E-state index contributed by atoms with van der Waals surface area (Å²) in [6.07, 6.45) is 1.78. The molecule has 0 fully saturated rings. The molecule has 1 atom stereocenters. The van der Waals surface area contributed by atoms with Gasteiger partial charge in [-0.3, -0.25) is 9.36 Å². The molecule has 8 nitrogen and oxygen atoms in total. The van der Waals surface area contributed by atoms with Gasteiger partial charge in [0.1, 0.15) is 12.4 Å². The SMILES string of the molecule is CCOC(=O)C1=C(C)N=c2s/c(=C\c3ccc(OCc4ccc(Cl)cc4Cl)c(Br)c3)c(=O)n2[C@H]1c1cc(OC)c(OC)cc1Br. The number of carbonyl (C=O) groups excluding carboxylic acids is 1. The number of benzene rings is 3. The van der Waals surface area contributed by atoms with Gasteiger partial charge in [0.15, 0.2) is 16.3 Å². The monoisotopic (exact) mass is 794 g/mol. The maximum atomic E-state index is 14.1. The molecule has 1 aliphatic heterocycles. The average molecular weight is 797 g/mol. The number of esters is 1. The maximum absolute atomic E-state index is 14.1. The van der Waals surface area contributed by atoms with Crippen LogP contribution in [0.4, 0.5) is 0 Å². The van der Waals surface area contributed by atoms with Gasteiger partial charge >= 0.3 is 5.97 Å². The number of ether oxygens (including phenoxy) is 4. The zero-order valence-corrected chi connectivity index (χ0v) is 30.0. The summed E-state index contributed by atoms with van der Waals surface area (Å²) < 4.78 is 25.7. The van der Waals surface area contributed by atoms with Gasteiger partial charge in [-0.25, -0.2) is 9.79 Å². The molecule has 0 saturated carbocycles. The molecule has 0 N–H and O–H groups in total. The zero-order valence-electron chi connectivity index (χ0n) is 24.5. The Hall–Kier alpha value is -3.09. The van der Waals surface area contributed by atoms with Crippen LogP contribution in [0.15, 0.2) is 78.5 Å². The van der Waals surface area contributed by atoms with Crippen LogP contribution in [0.2, 0.25) is 10.0 Å². The van der Waals surface area contributed by atoms with Gasteiger partial charge in [-0.1, -0.05) is 62.6 Å². The highest BCUT2D eigenvalue weighted by atomic mass is 79.9. The van der Waals surface area contributed by atoms with Crippen LogP contribution in [0, 0.1) is 0 Å². The second-order valence-electron chi connectivity index (χ2n) is 9.75. The Kier molecular flexibility index (Phi) is 10.4. The van der Waals surface area contributed by atoms with Crippen molar-refractivity contribution in [3.63, 3.8) is 0 Å². The minimum Gasteiger partial charge on any atom is -0.493 e. The molecule has 45 heavy (non-hydrogen) atoms. The van der Waals surface area contributed by atoms with E-state index in [2.05, 4.69) is 36.9 Å². The van der Waals surface area contributed by atoms with Gasteiger partial charge in [-0.2, -0.15) is 0 Å². The highest BCUT2D eigenvalue weighted by Crippen LogP contribution is 2.41. The molecule has 0 unspecified atom stereocenters. The lowest BCUT2D eigenvalue weighted by Gasteiger charge is -2.26. The first-order valence-electron chi connectivity index (χ1n) is 13.5. The summed E-state index contributed by atoms with van der Waals surface area (Å²) in [6.45, 7) is 3.88. The summed E-state index contributed by atoms with van der Waals surface area (Å²) in [5.41, 5.74) is 2.57. The average Bonchev–Trinajstić information content (AvgIpc) is 3.30. The third-order valence-electron chi connectivity index (χ3n) is 6.97. The van der Waals surface area contributed by atoms with Gasteiger partial charge in [0, 0.05) is 20.1 Å². The van der Waals surface area contributed by atoms with Crippen LogP contribution in [0.25, 0.3) is 6.08 Å². The Morgan fingerprint density at radius 1 is 1.02 bits per heavy atom. The summed E-state index contributed by atoms with van der Waals surface area (Å²) in [7, 11) is 3.06. The molecule has 1 aromatic heterocycles. The molecule has 2 heterocycles. The number of rotatable bonds is 9. The van der Waals surface area contributed by atoms with E-state index < -0.39 is 12.0 Å². The van der Waals surface area contributed by atoms with E-state index in [-0.39, 0.29) is 24.3 Å². The molecule has 0 spiro atoms. The van der Waals surface area contributed by atoms with Gasteiger partial charge in [0.2, 0.25) is 0 Å². The van der Waals surface area contributed by atoms with Gasteiger partial charge in [0.25, 0.3) is 5.56 Å². The van der Waals surface area contributed by atoms with E-state index in [4.69, 9.17) is 42.1 Å². The van der Waals surface area contributed by atoms with Gasteiger partial charge in [-0.15, -0.1) is 0 Å². The number of thiazole rings is 1. The smallest absolute Gasteiger partial charge is 0.338 e. The quantitative estimate of drug-likeness (QED) is 0.166. The standard InChI is InChI=1S/C32H26Br2Cl2N2O6S/c1-5-43-31(40)28-16(2)37-32-38(29(28)20-13-25(41-3)26(42-4)14-21(20)33)30(39)27(45-32)11-17-6-9-24(22(34)10-17)44-15-18-7-8-19(35)12-23(18)36/h6-14,29H,5,15H2,1-4H3/b27-11-/t29-/m0/s1. The van der Waals surface area contributed by atoms with Crippen molar-refractivity contribution in [2.75, 3.05) is 20.8 Å². The molecule has 0 amide bonds. The zero-order chi connectivity index (χ0) is 32.4. The first-order chi connectivity index (χ1) is 21.6. The number of nitrogens with zero attached hydrogens (tertiary/aromatic N) is 2. The van der Waals surface area contributed by atoms with Crippen molar-refractivity contribution < 1.29 is 23.7 Å². The molecule has 3 aromatic carbocycles. The summed E-state index contributed by atoms with van der Waals surface area (Å²) in [5.74, 6) is 0.987. The van der Waals surface area contributed by atoms with E-state index in [1.54, 1.807) is 44.2 Å². The predicted molar refractivity (Wildman–Crippen MR) is 183 cm³/mol. The minimum absolute atomic E-state index is 0.168. The molecule has 5 rings (SSSR count). The van der Waals surface area contributed by atoms with Crippen molar-refractivity contribution in [3.05, 3.63) is 115 Å². The Morgan fingerprint density at radius 2 is 1.76 bits per heavy atom. The fourth-order valence-corrected chi connectivity index (χ4v) is 7.39. The van der Waals surface area contributed by atoms with Crippen LogP contribution >= 0.6 is 66.4 Å². The molecule has 1 aliphatic rings. The maximum Gasteiger partial charge on any atom is 0.338 e. The van der Waals surface area contributed by atoms with Gasteiger partial charge in [0.05, 0.1) is 47.1 Å². The molecule has 0 bridgehead atoms. The Labute approximate surface area is 289 Å². The van der Waals surface area contributed by atoms with Crippen molar-refractivity contribution in [1.82, 2.24) is 4.57 Å². The predicted octanol–water partition coefficient (Wildman–Crippen LogP) is 7.23. The second kappa shape index (κ2) is 14.1. The number of hydrogen-bond donors (Lipinski definition) is 0. The molecular formula is C32H26Br2Cl2N2O6S. The van der Waals surface area contributed by atoms with Crippen LogP contribution < -0.4 is 29.1 Å². The van der Waals surface area contributed by atoms with E-state index in [1.165, 1.54) is 30.1 Å². The van der Waals surface area contributed by atoms with Crippen LogP contribution in [-0.4, -0.2) is 31.4 Å². The van der Waals surface area contributed by atoms with Crippen molar-refractivity contribution in [3.8, 4) is 17.2 Å². The van der Waals surface area contributed by atoms with Crippen LogP contribution in [0.3, 0.4) is 0 Å². The third kappa shape index (κ3) is 6.88. The molecule has 0 saturated heterocycles. The number of methoxy groups -OCH3 is 2. The van der Waals surface area contributed by atoms with E-state index >= 15 is 0 Å². The van der Waals surface area contributed by atoms with E-state index in [9.17, 15) is 9.59 Å². The fourth-order valence-electron chi connectivity index (χ4n) is 4.83. The number of halogens is 4. The van der Waals surface area contributed by atoms with Crippen molar-refractivity contribution in [1.29, 1.82) is 0 Å². The number of hydrogen-bond acceptors (Lipinski definition) is 8. The van der Waals surface area contributed by atoms with Crippen LogP contribution in [0.5, 0.6) is 17.2 Å². The molecule has 4 aromatic rings. The van der Waals surface area contributed by atoms with Gasteiger partial charge < -0.3 is 18.9 Å². The normalized spacial score (nSPS) is 14.6. The Morgan fingerprint density at radius 3 is 2.42 bits per heavy atom. The lowest BCUT2D eigenvalue weighted by atomic mass is 9.95. The van der Waals surface area contributed by atoms with Crippen molar-refractivity contribution in [2.45, 2.75) is 26.5 Å². The van der Waals surface area contributed by atoms with E-state index in [1.807, 2.05) is 24.3 Å². The van der Waals surface area contributed by atoms with Gasteiger partial charge in [-0.05, 0) is 83.4 Å². The summed E-state index contributed by atoms with van der Waals surface area (Å²) in [6, 6.07) is 13.4. The second-order valence-corrected chi connectivity index (χ2v) is 13.3. The highest BCUT2D eigenvalue weighted by Gasteiger charge is 2.35. The Balaban J connectivity index is 1.57. The lowest BCUT2D eigenvalue weighted by molar-refractivity contribution is -0.139. The molecule has 13 heteroatoms. The molecule has 234 valence electrons. The lowest BCUT2D eigenvalue weighted by Crippen LogP contribution is -2.40. The number of fused-ring (bicyclic) bond motifs is 1. The van der Waals surface area contributed by atoms with E-state index in [0.717, 1.165) is 11.1 Å². The van der Waals surface area contributed by atoms with Crippen LogP contribution in [0.1, 0.15) is 36.6 Å². The Bertz CT molecular complexity index is 2020. The largest absolute Gasteiger partial charge is 0.493 e. The summed E-state index contributed by atoms with van der Waals surface area (Å²) in [4.78, 5) is 32.5. The minimum atomic E-state index is -0.834. The van der Waals surface area contributed by atoms with Crippen LogP contribution in [-0.2, 0) is 16.1 Å². The number of aromatic nitrogens is 1.